The Bertz CT molecular complexity index is 173. The van der Waals surface area contributed by atoms with Gasteiger partial charge in [-0.05, 0) is 12.8 Å². The quantitative estimate of drug-likeness (QED) is 0.608. The van der Waals surface area contributed by atoms with Crippen molar-refractivity contribution in [3.63, 3.8) is 0 Å². The van der Waals surface area contributed by atoms with Crippen molar-refractivity contribution in [3.8, 4) is 0 Å². The average molecular weight is 186 g/mol. The monoisotopic (exact) mass is 186 g/mol. The lowest BCUT2D eigenvalue weighted by Gasteiger charge is -2.33. The number of urea groups is 1. The van der Waals surface area contributed by atoms with E-state index in [9.17, 15) is 4.79 Å². The van der Waals surface area contributed by atoms with Gasteiger partial charge in [-0.1, -0.05) is 0 Å². The number of nitrogens with zero attached hydrogens (tertiary/aromatic N) is 2. The Morgan fingerprint density at radius 2 is 2.23 bits per heavy atom. The number of rotatable bonds is 4. The molecule has 4 nitrogen and oxygen atoms in total. The maximum Gasteiger partial charge on any atom is 0.319 e. The standard InChI is InChI=1S/C9H18N2O2/c1-10-5-3-6-11(9(10)12)7-4-8-13-2/h3-8H2,1-2H3. The summed E-state index contributed by atoms with van der Waals surface area (Å²) < 4.78 is 4.94. The highest BCUT2D eigenvalue weighted by molar-refractivity contribution is 5.74. The molecule has 0 saturated carbocycles. The SMILES string of the molecule is COCCCN1CCCN(C)C1=O. The Labute approximate surface area is 79.4 Å². The van der Waals surface area contributed by atoms with Crippen LogP contribution in [-0.2, 0) is 4.74 Å². The molecule has 1 rings (SSSR count). The molecule has 1 aliphatic heterocycles. The predicted molar refractivity (Wildman–Crippen MR) is 50.7 cm³/mol. The summed E-state index contributed by atoms with van der Waals surface area (Å²) in [6.07, 6.45) is 2.01. The molecule has 0 unspecified atom stereocenters. The first-order valence-corrected chi connectivity index (χ1v) is 4.74. The molecule has 1 fully saturated rings. The third-order valence-corrected chi connectivity index (χ3v) is 2.30. The summed E-state index contributed by atoms with van der Waals surface area (Å²) in [6, 6.07) is 0.155. The maximum atomic E-state index is 11.5. The summed E-state index contributed by atoms with van der Waals surface area (Å²) in [5.41, 5.74) is 0. The van der Waals surface area contributed by atoms with E-state index in [2.05, 4.69) is 0 Å². The number of carbonyl (C=O) groups excluding carboxylic acids is 1. The molecule has 0 aromatic heterocycles. The molecule has 0 bridgehead atoms. The van der Waals surface area contributed by atoms with Gasteiger partial charge in [-0.2, -0.15) is 0 Å². The van der Waals surface area contributed by atoms with E-state index in [-0.39, 0.29) is 6.03 Å². The third-order valence-electron chi connectivity index (χ3n) is 2.30. The van der Waals surface area contributed by atoms with E-state index < -0.39 is 0 Å². The molecule has 0 N–H and O–H groups in total. The topological polar surface area (TPSA) is 32.8 Å². The molecule has 0 aromatic rings. The summed E-state index contributed by atoms with van der Waals surface area (Å²) in [4.78, 5) is 15.2. The lowest BCUT2D eigenvalue weighted by Crippen LogP contribution is -2.47. The largest absolute Gasteiger partial charge is 0.385 e. The number of ether oxygens (including phenoxy) is 1. The van der Waals surface area contributed by atoms with E-state index in [1.54, 1.807) is 12.0 Å². The van der Waals surface area contributed by atoms with E-state index >= 15 is 0 Å². The molecular weight excluding hydrogens is 168 g/mol. The van der Waals surface area contributed by atoms with Crippen molar-refractivity contribution < 1.29 is 9.53 Å². The smallest absolute Gasteiger partial charge is 0.319 e. The van der Waals surface area contributed by atoms with E-state index in [1.807, 2.05) is 11.9 Å². The fourth-order valence-electron chi connectivity index (χ4n) is 1.54. The number of carbonyl (C=O) groups is 1. The normalized spacial score (nSPS) is 18.2. The minimum atomic E-state index is 0.155. The van der Waals surface area contributed by atoms with Gasteiger partial charge in [-0.15, -0.1) is 0 Å². The van der Waals surface area contributed by atoms with Crippen molar-refractivity contribution in [1.82, 2.24) is 9.80 Å². The predicted octanol–water partition coefficient (Wildman–Crippen LogP) is 0.780. The van der Waals surface area contributed by atoms with Gasteiger partial charge in [-0.3, -0.25) is 0 Å². The summed E-state index contributed by atoms with van der Waals surface area (Å²) >= 11 is 0. The van der Waals surface area contributed by atoms with Gasteiger partial charge in [-0.25, -0.2) is 4.79 Å². The van der Waals surface area contributed by atoms with Gasteiger partial charge in [0, 0.05) is 40.4 Å². The Hall–Kier alpha value is -0.770. The van der Waals surface area contributed by atoms with Crippen LogP contribution in [0.1, 0.15) is 12.8 Å². The molecule has 76 valence electrons. The van der Waals surface area contributed by atoms with Crippen LogP contribution in [-0.4, -0.2) is 56.2 Å². The molecule has 4 heteroatoms. The van der Waals surface area contributed by atoms with Gasteiger partial charge in [0.15, 0.2) is 0 Å². The maximum absolute atomic E-state index is 11.5. The molecule has 0 aliphatic carbocycles. The minimum Gasteiger partial charge on any atom is -0.385 e. The minimum absolute atomic E-state index is 0.155. The van der Waals surface area contributed by atoms with E-state index in [4.69, 9.17) is 4.74 Å². The first-order chi connectivity index (χ1) is 6.25. The molecule has 1 saturated heterocycles. The highest BCUT2D eigenvalue weighted by Gasteiger charge is 2.21. The lowest BCUT2D eigenvalue weighted by molar-refractivity contribution is 0.130. The average Bonchev–Trinajstić information content (AvgIpc) is 2.13. The second kappa shape index (κ2) is 5.07. The van der Waals surface area contributed by atoms with Crippen molar-refractivity contribution >= 4 is 6.03 Å². The zero-order chi connectivity index (χ0) is 9.68. The van der Waals surface area contributed by atoms with Crippen molar-refractivity contribution in [3.05, 3.63) is 0 Å². The molecule has 0 spiro atoms. The van der Waals surface area contributed by atoms with Crippen LogP contribution in [0.3, 0.4) is 0 Å². The zero-order valence-corrected chi connectivity index (χ0v) is 8.45. The van der Waals surface area contributed by atoms with Crippen LogP contribution in [0.25, 0.3) is 0 Å². The Morgan fingerprint density at radius 1 is 1.46 bits per heavy atom. The van der Waals surface area contributed by atoms with Crippen LogP contribution in [0.15, 0.2) is 0 Å². The number of methoxy groups -OCH3 is 1. The van der Waals surface area contributed by atoms with Crippen LogP contribution < -0.4 is 0 Å². The Morgan fingerprint density at radius 3 is 2.92 bits per heavy atom. The van der Waals surface area contributed by atoms with E-state index in [0.29, 0.717) is 0 Å². The molecule has 2 amide bonds. The van der Waals surface area contributed by atoms with Gasteiger partial charge in [0.1, 0.15) is 0 Å². The van der Waals surface area contributed by atoms with Crippen LogP contribution >= 0.6 is 0 Å². The molecule has 13 heavy (non-hydrogen) atoms. The van der Waals surface area contributed by atoms with Crippen molar-refractivity contribution in [2.45, 2.75) is 12.8 Å². The van der Waals surface area contributed by atoms with Crippen LogP contribution in [0.2, 0.25) is 0 Å². The van der Waals surface area contributed by atoms with Crippen LogP contribution in [0, 0.1) is 0 Å². The van der Waals surface area contributed by atoms with Crippen molar-refractivity contribution in [1.29, 1.82) is 0 Å². The fourth-order valence-corrected chi connectivity index (χ4v) is 1.54. The summed E-state index contributed by atoms with van der Waals surface area (Å²) in [7, 11) is 3.54. The van der Waals surface area contributed by atoms with Crippen molar-refractivity contribution in [2.24, 2.45) is 0 Å². The molecule has 1 aliphatic rings. The highest BCUT2D eigenvalue weighted by atomic mass is 16.5. The second-order valence-corrected chi connectivity index (χ2v) is 3.39. The third kappa shape index (κ3) is 2.88. The highest BCUT2D eigenvalue weighted by Crippen LogP contribution is 2.07. The van der Waals surface area contributed by atoms with Gasteiger partial charge in [0.25, 0.3) is 0 Å². The fraction of sp³-hybridized carbons (Fsp3) is 0.889. The van der Waals surface area contributed by atoms with Gasteiger partial charge >= 0.3 is 6.03 Å². The summed E-state index contributed by atoms with van der Waals surface area (Å²) in [5.74, 6) is 0. The lowest BCUT2D eigenvalue weighted by atomic mass is 10.3. The van der Waals surface area contributed by atoms with Crippen molar-refractivity contribution in [2.75, 3.05) is 40.4 Å². The molecule has 1 heterocycles. The molecule has 0 aromatic carbocycles. The van der Waals surface area contributed by atoms with Gasteiger partial charge < -0.3 is 14.5 Å². The zero-order valence-electron chi connectivity index (χ0n) is 8.45. The molecule has 0 atom stereocenters. The molecular formula is C9H18N2O2. The van der Waals surface area contributed by atoms with E-state index in [0.717, 1.165) is 39.1 Å². The summed E-state index contributed by atoms with van der Waals surface area (Å²) in [6.45, 7) is 3.33. The number of hydrogen-bond acceptors (Lipinski definition) is 2. The first-order valence-electron chi connectivity index (χ1n) is 4.74. The first kappa shape index (κ1) is 10.3. The van der Waals surface area contributed by atoms with Gasteiger partial charge in [0.2, 0.25) is 0 Å². The molecule has 0 radical (unpaired) electrons. The Balaban J connectivity index is 2.27. The number of amides is 2. The van der Waals surface area contributed by atoms with Crippen LogP contribution in [0.4, 0.5) is 4.79 Å². The summed E-state index contributed by atoms with van der Waals surface area (Å²) in [5, 5.41) is 0. The van der Waals surface area contributed by atoms with Crippen LogP contribution in [0.5, 0.6) is 0 Å². The second-order valence-electron chi connectivity index (χ2n) is 3.39. The van der Waals surface area contributed by atoms with E-state index in [1.165, 1.54) is 0 Å². The number of hydrogen-bond donors (Lipinski definition) is 0. The van der Waals surface area contributed by atoms with Gasteiger partial charge in [0.05, 0.1) is 0 Å². The Kier molecular flexibility index (Phi) is 4.02.